The zero-order valence-electron chi connectivity index (χ0n) is 63.7. The summed E-state index contributed by atoms with van der Waals surface area (Å²) in [7, 11) is 0. The number of fused-ring (bicyclic) bond motifs is 6. The van der Waals surface area contributed by atoms with Crippen LogP contribution in [0.4, 0.5) is 47.8 Å². The van der Waals surface area contributed by atoms with Crippen LogP contribution in [-0.4, -0.2) is 148 Å². The summed E-state index contributed by atoms with van der Waals surface area (Å²) in [6.45, 7) is 19.1. The van der Waals surface area contributed by atoms with Crippen LogP contribution in [0.15, 0.2) is 103 Å². The van der Waals surface area contributed by atoms with Crippen LogP contribution in [0, 0.1) is 57.0 Å². The Labute approximate surface area is 660 Å². The molecule has 30 heteroatoms. The van der Waals surface area contributed by atoms with Gasteiger partial charge in [-0.1, -0.05) is 134 Å². The van der Waals surface area contributed by atoms with Crippen molar-refractivity contribution in [3.8, 4) is 0 Å². The first-order chi connectivity index (χ1) is 52.6. The zero-order valence-corrected chi connectivity index (χ0v) is 66.0. The van der Waals surface area contributed by atoms with Gasteiger partial charge in [0.2, 0.25) is 35.4 Å². The van der Waals surface area contributed by atoms with Crippen molar-refractivity contribution in [3.63, 3.8) is 0 Å². The molecule has 3 fully saturated rings. The summed E-state index contributed by atoms with van der Waals surface area (Å²) >= 11 is 18.1. The fourth-order valence-electron chi connectivity index (χ4n) is 17.2. The van der Waals surface area contributed by atoms with Crippen LogP contribution < -0.4 is 47.9 Å². The van der Waals surface area contributed by atoms with Crippen LogP contribution in [0.5, 0.6) is 0 Å². The number of nitrogens with one attached hydrogen (secondary N) is 9. The number of hydrogen-bond acceptors (Lipinski definition) is 14. The average Bonchev–Trinajstić information content (AvgIpc) is 1.54. The van der Waals surface area contributed by atoms with E-state index in [1.54, 1.807) is 18.2 Å². The number of benzene rings is 6. The van der Waals surface area contributed by atoms with Gasteiger partial charge in [-0.25, -0.2) is 30.7 Å². The largest absolute Gasteiger partial charge is 0.394 e. The van der Waals surface area contributed by atoms with Crippen molar-refractivity contribution in [2.75, 3.05) is 48.8 Å². The number of carbonyl (C=O) groups excluding carboxylic acids is 6. The molecule has 12 rings (SSSR count). The molecule has 0 aromatic heterocycles. The molecule has 6 amide bonds. The highest BCUT2D eigenvalue weighted by atomic mass is 35.5. The van der Waals surface area contributed by atoms with Crippen molar-refractivity contribution < 1.29 is 85.0 Å². The summed E-state index contributed by atoms with van der Waals surface area (Å²) in [6, 6.07) is 17.0. The van der Waals surface area contributed by atoms with E-state index in [4.69, 9.17) is 45.0 Å². The standard InChI is InChI=1S/C28H34ClF2N3O3.C27H31ClF3N3O4.C27H32ClF2N3O4/c1-5-17(35)10-11-32-25(36)24-23(15-6-8-16(30)9-7-15)28(22(34-24)14-27(2,3)4)18-12-20(31)19(29)13-21(18)33-26(28)37;1-26(2,3)11-21-27(16-9-19(31)17(28)10-20(16)33-25(27)38)22(15-8-13(29)4-5-18(15)30)23(34-21)24(37)32-7-6-14(36)12-35;1-26(2,3)12-21-27(16-10-19(30)17(28)11-20(16)32-25(27)37)22(15-6-4-5-7-18(15)29)23(33-21)24(36)31-9-8-14(35)13-34/h6-9,12-13,17,22-24,34-35H,5,10-11,14H2,1-4H3,(H,32,36)(H,33,37);4-5,8-10,14,21-23,34-36H,6-7,11-12H2,1-3H3,(H,32,37)(H,33,38);4-7,10-11,14,21-23,33-35H,8-9,12-13H2,1-3H3,(H,31,36)(H,32,37)/t17-,22-,23+,24-,28+;2*14-,21+,22-,23+,27-/m100/s1. The van der Waals surface area contributed by atoms with E-state index in [9.17, 15) is 66.0 Å². The van der Waals surface area contributed by atoms with Gasteiger partial charge in [0, 0.05) is 72.6 Å². The third-order valence-corrected chi connectivity index (χ3v) is 22.8. The second kappa shape index (κ2) is 34.3. The van der Waals surface area contributed by atoms with Gasteiger partial charge < -0.3 is 73.4 Å². The summed E-state index contributed by atoms with van der Waals surface area (Å²) < 4.78 is 104. The van der Waals surface area contributed by atoms with Crippen molar-refractivity contribution in [1.29, 1.82) is 0 Å². The van der Waals surface area contributed by atoms with Crippen LogP contribution in [0.2, 0.25) is 15.1 Å². The summed E-state index contributed by atoms with van der Waals surface area (Å²) in [6.07, 6.45) is -0.224. The maximum Gasteiger partial charge on any atom is 0.237 e. The number of anilines is 3. The van der Waals surface area contributed by atoms with E-state index >= 15 is 8.78 Å². The van der Waals surface area contributed by atoms with Crippen molar-refractivity contribution >= 4 is 87.3 Å². The molecule has 3 spiro atoms. The van der Waals surface area contributed by atoms with Gasteiger partial charge in [0.15, 0.2) is 0 Å². The number of carbonyl (C=O) groups is 6. The predicted octanol–water partition coefficient (Wildman–Crippen LogP) is 11.2. The molecular weight excluding hydrogens is 1530 g/mol. The highest BCUT2D eigenvalue weighted by molar-refractivity contribution is 6.32. The van der Waals surface area contributed by atoms with E-state index in [2.05, 4.69) is 47.9 Å². The Kier molecular flexibility index (Phi) is 26.5. The lowest BCUT2D eigenvalue weighted by Crippen LogP contribution is -2.49. The summed E-state index contributed by atoms with van der Waals surface area (Å²) in [5.74, 6) is -10.7. The summed E-state index contributed by atoms with van der Waals surface area (Å²) in [4.78, 5) is 82.5. The molecule has 0 bridgehead atoms. The van der Waals surface area contributed by atoms with Gasteiger partial charge in [-0.2, -0.15) is 0 Å². The third-order valence-electron chi connectivity index (χ3n) is 21.9. The van der Waals surface area contributed by atoms with E-state index in [1.165, 1.54) is 60.7 Å². The smallest absolute Gasteiger partial charge is 0.237 e. The third kappa shape index (κ3) is 17.4. The number of amides is 6. The Hall–Kier alpha value is -7.80. The van der Waals surface area contributed by atoms with Gasteiger partial charge in [0.1, 0.15) is 57.0 Å². The first-order valence-electron chi connectivity index (χ1n) is 37.3. The van der Waals surface area contributed by atoms with E-state index in [-0.39, 0.29) is 98.0 Å². The molecule has 6 aliphatic rings. The molecule has 112 heavy (non-hydrogen) atoms. The first-order valence-corrected chi connectivity index (χ1v) is 38.5. The Morgan fingerprint density at radius 3 is 1.12 bits per heavy atom. The van der Waals surface area contributed by atoms with Gasteiger partial charge in [0.05, 0.1) is 64.7 Å². The molecule has 0 unspecified atom stereocenters. The van der Waals surface area contributed by atoms with E-state index < -0.39 is 166 Å². The molecule has 0 radical (unpaired) electrons. The quantitative estimate of drug-likeness (QED) is 0.0298. The molecule has 15 atom stereocenters. The SMILES string of the molecule is CC(C)(C)C[C@H]1N[C@@H](C(=O)NCC[C@H](O)CO)[C@H](c2cc(F)ccc2F)[C@@]12C(=O)Nc1cc(Cl)c(F)cc12.CC(C)(C)C[C@H]1N[C@@H](C(=O)NCC[C@H](O)CO)[C@H](c2ccccc2F)[C@@]12C(=O)Nc1cc(Cl)c(F)cc12.CC[C@@H](O)CCNC(=O)[C@@H]1N[C@H](CC(C)(C)C)[C@]2(C(=O)Nc3cc(Cl)c(F)cc32)[C@H]1c1ccc(F)cc1. The van der Waals surface area contributed by atoms with Crippen molar-refractivity contribution in [2.45, 2.75) is 203 Å². The molecule has 20 nitrogen and oxygen atoms in total. The number of aliphatic hydroxyl groups excluding tert-OH is 5. The minimum atomic E-state index is -1.69. The molecule has 6 aromatic carbocycles. The van der Waals surface area contributed by atoms with Crippen molar-refractivity contribution in [1.82, 2.24) is 31.9 Å². The van der Waals surface area contributed by atoms with Gasteiger partial charge in [-0.3, -0.25) is 28.8 Å². The molecule has 6 heterocycles. The Bertz CT molecular complexity index is 4530. The van der Waals surface area contributed by atoms with Gasteiger partial charge in [0.25, 0.3) is 0 Å². The molecule has 0 saturated carbocycles. The van der Waals surface area contributed by atoms with Gasteiger partial charge in [-0.15, -0.1) is 0 Å². The molecule has 14 N–H and O–H groups in total. The molecule has 3 saturated heterocycles. The topological polar surface area (TPSA) is 312 Å². The van der Waals surface area contributed by atoms with Crippen molar-refractivity contribution in [2.24, 2.45) is 16.2 Å². The summed E-state index contributed by atoms with van der Waals surface area (Å²) in [5.41, 5.74) is -3.07. The van der Waals surface area contributed by atoms with E-state index in [0.717, 1.165) is 24.3 Å². The van der Waals surface area contributed by atoms with Crippen LogP contribution in [0.25, 0.3) is 0 Å². The minimum absolute atomic E-state index is 0.0128. The fourth-order valence-corrected chi connectivity index (χ4v) is 17.7. The van der Waals surface area contributed by atoms with Gasteiger partial charge in [-0.05, 0) is 167 Å². The highest BCUT2D eigenvalue weighted by Crippen LogP contribution is 2.61. The van der Waals surface area contributed by atoms with Gasteiger partial charge >= 0.3 is 0 Å². The Morgan fingerprint density at radius 1 is 0.438 bits per heavy atom. The monoisotopic (exact) mass is 1620 g/mol. The second-order valence-electron chi connectivity index (χ2n) is 33.4. The minimum Gasteiger partial charge on any atom is -0.394 e. The normalized spacial score (nSPS) is 25.6. The molecular formula is C82H97Cl3F7N9O11. The first kappa shape index (κ1) is 86.6. The lowest BCUT2D eigenvalue weighted by atomic mass is 9.62. The van der Waals surface area contributed by atoms with Crippen LogP contribution in [-0.2, 0) is 45.0 Å². The molecule has 6 aliphatic heterocycles. The summed E-state index contributed by atoms with van der Waals surface area (Å²) in [5, 5.41) is 73.5. The average molecular weight is 1620 g/mol. The van der Waals surface area contributed by atoms with Crippen LogP contribution in [0.1, 0.15) is 165 Å². The highest BCUT2D eigenvalue weighted by Gasteiger charge is 2.69. The van der Waals surface area contributed by atoms with Crippen molar-refractivity contribution in [3.05, 3.63) is 192 Å². The molecule has 0 aliphatic carbocycles. The predicted molar refractivity (Wildman–Crippen MR) is 412 cm³/mol. The Balaban J connectivity index is 0.000000178. The maximum atomic E-state index is 15.4. The zero-order chi connectivity index (χ0) is 82.2. The molecule has 606 valence electrons. The number of hydrogen-bond donors (Lipinski definition) is 14. The fraction of sp³-hybridized carbons (Fsp3) is 0.488. The van der Waals surface area contributed by atoms with Crippen LogP contribution in [0.3, 0.4) is 0 Å². The number of halogens is 10. The lowest BCUT2D eigenvalue weighted by molar-refractivity contribution is -0.125. The molecule has 6 aromatic rings. The Morgan fingerprint density at radius 2 is 0.768 bits per heavy atom. The maximum absolute atomic E-state index is 15.4. The lowest BCUT2D eigenvalue weighted by Gasteiger charge is -2.37. The van der Waals surface area contributed by atoms with E-state index in [1.807, 2.05) is 69.2 Å². The second-order valence-corrected chi connectivity index (χ2v) is 34.7. The number of aliphatic hydroxyl groups is 5. The van der Waals surface area contributed by atoms with Crippen LogP contribution >= 0.6 is 34.8 Å². The number of rotatable bonds is 21. The van der Waals surface area contributed by atoms with E-state index in [0.29, 0.717) is 60.2 Å².